The molecule has 1 aromatic carbocycles. The summed E-state index contributed by atoms with van der Waals surface area (Å²) in [6, 6.07) is 7.59. The SMILES string of the molecule is C/C=C(/CN(C)C(=O)C1=CC=C(c2cccc(Nc3cc(NC(=O)C4CC4)nnc3C(=O)NC)c2OC)CN1)NC(CCCCC)C(C)C. The number of carbonyl (C=O) groups is 3. The number of benzene rings is 1. The third-order valence-electron chi connectivity index (χ3n) is 8.82. The first-order valence-electron chi connectivity index (χ1n) is 17.3. The number of likely N-dealkylation sites (N-methyl/N-ethyl adjacent to an activating group) is 1. The van der Waals surface area contributed by atoms with Crippen LogP contribution < -0.4 is 31.3 Å². The van der Waals surface area contributed by atoms with Gasteiger partial charge in [0.15, 0.2) is 11.5 Å². The van der Waals surface area contributed by atoms with Crippen LogP contribution in [0.2, 0.25) is 0 Å². The van der Waals surface area contributed by atoms with Crippen molar-refractivity contribution < 1.29 is 19.1 Å². The van der Waals surface area contributed by atoms with Crippen molar-refractivity contribution in [2.75, 3.05) is 44.9 Å². The van der Waals surface area contributed by atoms with Crippen LogP contribution >= 0.6 is 0 Å². The number of ether oxygens (including phenoxy) is 1. The summed E-state index contributed by atoms with van der Waals surface area (Å²) in [6.45, 7) is 9.58. The Morgan fingerprint density at radius 2 is 1.90 bits per heavy atom. The van der Waals surface area contributed by atoms with E-state index in [9.17, 15) is 14.4 Å². The van der Waals surface area contributed by atoms with E-state index in [1.807, 2.05) is 38.2 Å². The van der Waals surface area contributed by atoms with E-state index >= 15 is 0 Å². The van der Waals surface area contributed by atoms with Gasteiger partial charge in [-0.1, -0.05) is 64.3 Å². The molecule has 1 aromatic heterocycles. The molecule has 4 rings (SSSR count). The summed E-state index contributed by atoms with van der Waals surface area (Å²) < 4.78 is 5.86. The molecule has 0 bridgehead atoms. The van der Waals surface area contributed by atoms with Crippen molar-refractivity contribution in [2.45, 2.75) is 72.3 Å². The Balaban J connectivity index is 1.50. The summed E-state index contributed by atoms with van der Waals surface area (Å²) in [5.41, 5.74) is 4.29. The molecule has 1 saturated carbocycles. The molecule has 1 aliphatic carbocycles. The maximum atomic E-state index is 13.5. The van der Waals surface area contributed by atoms with E-state index in [4.69, 9.17) is 4.74 Å². The van der Waals surface area contributed by atoms with Gasteiger partial charge >= 0.3 is 0 Å². The Morgan fingerprint density at radius 1 is 1.12 bits per heavy atom. The van der Waals surface area contributed by atoms with Crippen LogP contribution in [-0.2, 0) is 9.59 Å². The highest BCUT2D eigenvalue weighted by molar-refractivity contribution is 6.00. The number of dihydropyridines is 1. The number of unbranched alkanes of at least 4 members (excludes halogenated alkanes) is 2. The molecule has 0 radical (unpaired) electrons. The van der Waals surface area contributed by atoms with Gasteiger partial charge in [-0.3, -0.25) is 14.4 Å². The second-order valence-corrected chi connectivity index (χ2v) is 12.9. The molecule has 49 heavy (non-hydrogen) atoms. The maximum Gasteiger partial charge on any atom is 0.273 e. The van der Waals surface area contributed by atoms with Crippen molar-refractivity contribution in [3.05, 3.63) is 65.1 Å². The number of rotatable bonds is 17. The van der Waals surface area contributed by atoms with Crippen LogP contribution in [0.4, 0.5) is 17.2 Å². The van der Waals surface area contributed by atoms with Crippen molar-refractivity contribution in [3.8, 4) is 5.75 Å². The van der Waals surface area contributed by atoms with Gasteiger partial charge in [0.05, 0.1) is 25.0 Å². The number of aromatic nitrogens is 2. The number of para-hydroxylation sites is 1. The first kappa shape index (κ1) is 37.0. The Morgan fingerprint density at radius 3 is 2.51 bits per heavy atom. The molecule has 0 saturated heterocycles. The first-order valence-corrected chi connectivity index (χ1v) is 17.3. The fourth-order valence-corrected chi connectivity index (χ4v) is 5.66. The van der Waals surface area contributed by atoms with Gasteiger partial charge in [-0.25, -0.2) is 0 Å². The molecule has 1 atom stereocenters. The number of anilines is 3. The second kappa shape index (κ2) is 17.5. The highest BCUT2D eigenvalue weighted by Gasteiger charge is 2.30. The Hall–Kier alpha value is -4.87. The molecular weight excluding hydrogens is 620 g/mol. The lowest BCUT2D eigenvalue weighted by molar-refractivity contribution is -0.126. The summed E-state index contributed by atoms with van der Waals surface area (Å²) in [5, 5.41) is 23.8. The van der Waals surface area contributed by atoms with Gasteiger partial charge in [-0.2, -0.15) is 0 Å². The molecule has 12 heteroatoms. The van der Waals surface area contributed by atoms with E-state index in [2.05, 4.69) is 63.6 Å². The van der Waals surface area contributed by atoms with Crippen LogP contribution in [-0.4, -0.2) is 73.2 Å². The molecule has 1 unspecified atom stereocenters. The zero-order chi connectivity index (χ0) is 35.5. The maximum absolute atomic E-state index is 13.5. The minimum absolute atomic E-state index is 0.0125. The number of allylic oxidation sites excluding steroid dienone is 3. The van der Waals surface area contributed by atoms with Crippen LogP contribution in [0.5, 0.6) is 5.75 Å². The summed E-state index contributed by atoms with van der Waals surface area (Å²) >= 11 is 0. The predicted octanol–water partition coefficient (Wildman–Crippen LogP) is 5.36. The minimum atomic E-state index is -0.430. The summed E-state index contributed by atoms with van der Waals surface area (Å²) in [5.74, 6) is 0.628. The summed E-state index contributed by atoms with van der Waals surface area (Å²) in [4.78, 5) is 40.2. The normalized spacial score (nSPS) is 15.0. The third kappa shape index (κ3) is 9.84. The lowest BCUT2D eigenvalue weighted by Gasteiger charge is -2.28. The van der Waals surface area contributed by atoms with Gasteiger partial charge < -0.3 is 36.2 Å². The third-order valence-corrected chi connectivity index (χ3v) is 8.82. The van der Waals surface area contributed by atoms with Crippen LogP contribution in [0.25, 0.3) is 5.57 Å². The molecule has 1 fully saturated rings. The fraction of sp³-hybridized carbons (Fsp3) is 0.486. The topological polar surface area (TPSA) is 150 Å². The van der Waals surface area contributed by atoms with E-state index in [-0.39, 0.29) is 29.2 Å². The van der Waals surface area contributed by atoms with Crippen LogP contribution in [0.1, 0.15) is 82.3 Å². The Kier molecular flexibility index (Phi) is 13.2. The molecular formula is C37H52N8O4. The number of methoxy groups -OCH3 is 1. The molecule has 3 amide bonds. The average Bonchev–Trinajstić information content (AvgIpc) is 3.96. The van der Waals surface area contributed by atoms with Crippen molar-refractivity contribution >= 4 is 40.5 Å². The lowest BCUT2D eigenvalue weighted by atomic mass is 9.97. The Bertz CT molecular complexity index is 1590. The molecule has 2 aliphatic rings. The van der Waals surface area contributed by atoms with Gasteiger partial charge in [0.1, 0.15) is 11.4 Å². The number of nitrogens with zero attached hydrogens (tertiary/aromatic N) is 3. The lowest BCUT2D eigenvalue weighted by Crippen LogP contribution is -2.41. The highest BCUT2D eigenvalue weighted by atomic mass is 16.5. The average molecular weight is 673 g/mol. The smallest absolute Gasteiger partial charge is 0.273 e. The zero-order valence-electron chi connectivity index (χ0n) is 29.9. The van der Waals surface area contributed by atoms with E-state index in [0.717, 1.165) is 36.1 Å². The van der Waals surface area contributed by atoms with Crippen LogP contribution in [0.15, 0.2) is 53.9 Å². The van der Waals surface area contributed by atoms with Gasteiger partial charge in [0, 0.05) is 49.9 Å². The molecule has 264 valence electrons. The monoisotopic (exact) mass is 672 g/mol. The number of nitrogens with one attached hydrogen (secondary N) is 5. The van der Waals surface area contributed by atoms with Gasteiger partial charge in [0.25, 0.3) is 11.8 Å². The first-order chi connectivity index (χ1) is 23.6. The summed E-state index contributed by atoms with van der Waals surface area (Å²) in [6.07, 6.45) is 12.2. The number of carbonyl (C=O) groups excluding carboxylic acids is 3. The number of hydrogen-bond acceptors (Lipinski definition) is 9. The predicted molar refractivity (Wildman–Crippen MR) is 194 cm³/mol. The van der Waals surface area contributed by atoms with E-state index in [1.165, 1.54) is 26.3 Å². The van der Waals surface area contributed by atoms with E-state index in [0.29, 0.717) is 47.9 Å². The molecule has 12 nitrogen and oxygen atoms in total. The van der Waals surface area contributed by atoms with Gasteiger partial charge in [-0.15, -0.1) is 10.2 Å². The number of amides is 3. The van der Waals surface area contributed by atoms with E-state index in [1.54, 1.807) is 24.2 Å². The largest absolute Gasteiger partial charge is 0.494 e. The molecule has 0 spiro atoms. The quantitative estimate of drug-likeness (QED) is 0.140. The van der Waals surface area contributed by atoms with Crippen molar-refractivity contribution in [1.29, 1.82) is 0 Å². The molecule has 5 N–H and O–H groups in total. The minimum Gasteiger partial charge on any atom is -0.494 e. The van der Waals surface area contributed by atoms with Gasteiger partial charge in [-0.05, 0) is 49.8 Å². The van der Waals surface area contributed by atoms with Crippen LogP contribution in [0, 0.1) is 11.8 Å². The molecule has 2 aromatic rings. The van der Waals surface area contributed by atoms with Crippen molar-refractivity contribution in [2.24, 2.45) is 11.8 Å². The standard InChI is InChI=1S/C37H52N8O4/c1-8-10-11-14-28(23(3)4)40-26(9-2)22-45(6)37(48)30-19-18-25(21-39-30)27-13-12-15-29(34(27)49-7)41-31-20-32(42-35(46)24-16-17-24)43-44-33(31)36(47)38-5/h9,12-13,15,18-20,23-24,28,39-40H,8,10-11,14,16-17,21-22H2,1-7H3,(H,38,47)(H2,41,42,43,46)/b26-9-. The van der Waals surface area contributed by atoms with Crippen molar-refractivity contribution in [1.82, 2.24) is 31.0 Å². The fourth-order valence-electron chi connectivity index (χ4n) is 5.66. The number of hydrogen-bond donors (Lipinski definition) is 5. The highest BCUT2D eigenvalue weighted by Crippen LogP contribution is 2.37. The van der Waals surface area contributed by atoms with E-state index < -0.39 is 5.91 Å². The zero-order valence-corrected chi connectivity index (χ0v) is 29.9. The van der Waals surface area contributed by atoms with Crippen LogP contribution in [0.3, 0.4) is 0 Å². The Labute approximate surface area is 290 Å². The molecule has 2 heterocycles. The van der Waals surface area contributed by atoms with Crippen molar-refractivity contribution in [3.63, 3.8) is 0 Å². The second-order valence-electron chi connectivity index (χ2n) is 12.9. The molecule has 1 aliphatic heterocycles. The summed E-state index contributed by atoms with van der Waals surface area (Å²) in [7, 11) is 4.91. The van der Waals surface area contributed by atoms with Gasteiger partial charge in [0.2, 0.25) is 5.91 Å².